The van der Waals surface area contributed by atoms with Crippen LogP contribution in [-0.4, -0.2) is 20.7 Å². The summed E-state index contributed by atoms with van der Waals surface area (Å²) in [5, 5.41) is 7.70. The van der Waals surface area contributed by atoms with Crippen molar-refractivity contribution in [3.05, 3.63) is 78.1 Å². The lowest BCUT2D eigenvalue weighted by molar-refractivity contribution is -0.121. The molecule has 0 aliphatic heterocycles. The Hall–Kier alpha value is -3.80. The van der Waals surface area contributed by atoms with Gasteiger partial charge in [0.05, 0.1) is 17.4 Å². The highest BCUT2D eigenvalue weighted by molar-refractivity contribution is 5.82. The second-order valence-corrected chi connectivity index (χ2v) is 8.30. The van der Waals surface area contributed by atoms with Crippen molar-refractivity contribution >= 4 is 39.8 Å². The van der Waals surface area contributed by atoms with Crippen molar-refractivity contribution in [2.75, 3.05) is 10.6 Å². The fraction of sp³-hybridized carbons (Fsp3) is 0.231. The van der Waals surface area contributed by atoms with Crippen LogP contribution >= 0.6 is 0 Å². The van der Waals surface area contributed by atoms with Gasteiger partial charge in [0, 0.05) is 23.2 Å². The highest BCUT2D eigenvalue weighted by Crippen LogP contribution is 2.28. The largest absolute Gasteiger partial charge is 0.339 e. The summed E-state index contributed by atoms with van der Waals surface area (Å²) in [7, 11) is 0. The average Bonchev–Trinajstić information content (AvgIpc) is 3.02. The first-order valence-electron chi connectivity index (χ1n) is 11.0. The maximum absolute atomic E-state index is 11.8. The van der Waals surface area contributed by atoms with Crippen molar-refractivity contribution in [1.82, 2.24) is 15.0 Å². The number of aromatic nitrogens is 3. The molecule has 0 radical (unpaired) electrons. The molecule has 0 saturated carbocycles. The molecule has 1 aliphatic carbocycles. The van der Waals surface area contributed by atoms with E-state index >= 15 is 0 Å². The van der Waals surface area contributed by atoms with Gasteiger partial charge in [-0.2, -0.15) is 4.98 Å². The van der Waals surface area contributed by atoms with Crippen LogP contribution in [0.3, 0.4) is 0 Å². The van der Waals surface area contributed by atoms with Gasteiger partial charge in [0.15, 0.2) is 0 Å². The lowest BCUT2D eigenvalue weighted by Gasteiger charge is -2.11. The molecule has 2 heterocycles. The molecule has 0 amide bonds. The Morgan fingerprint density at radius 1 is 0.906 bits per heavy atom. The number of Topliss-reactive ketones (excluding diaryl/α,β-unsaturated/α-hetero) is 1. The number of fused-ring (bicyclic) bond motifs is 2. The Morgan fingerprint density at radius 3 is 2.62 bits per heavy atom. The van der Waals surface area contributed by atoms with Gasteiger partial charge in [0.25, 0.3) is 0 Å². The van der Waals surface area contributed by atoms with Crippen LogP contribution in [0.5, 0.6) is 0 Å². The summed E-state index contributed by atoms with van der Waals surface area (Å²) in [6.07, 6.45) is 7.27. The van der Waals surface area contributed by atoms with Crippen LogP contribution in [0.1, 0.15) is 30.9 Å². The van der Waals surface area contributed by atoms with E-state index in [1.54, 1.807) is 19.3 Å². The van der Waals surface area contributed by atoms with Crippen molar-refractivity contribution in [1.29, 1.82) is 0 Å². The molecule has 2 aromatic carbocycles. The van der Waals surface area contributed by atoms with E-state index in [2.05, 4.69) is 49.9 Å². The van der Waals surface area contributed by atoms with Gasteiger partial charge >= 0.3 is 0 Å². The molecular formula is C26H25N5O. The van der Waals surface area contributed by atoms with Crippen LogP contribution in [0.25, 0.3) is 10.9 Å². The molecule has 1 atom stereocenters. The van der Waals surface area contributed by atoms with E-state index in [-0.39, 0.29) is 5.92 Å². The van der Waals surface area contributed by atoms with Gasteiger partial charge in [0.2, 0.25) is 5.95 Å². The number of carbonyl (C=O) groups excluding carboxylic acids is 1. The zero-order valence-corrected chi connectivity index (χ0v) is 18.0. The first-order chi connectivity index (χ1) is 15.6. The van der Waals surface area contributed by atoms with E-state index in [0.29, 0.717) is 17.5 Å². The van der Waals surface area contributed by atoms with Crippen LogP contribution < -0.4 is 10.6 Å². The first kappa shape index (κ1) is 20.1. The Balaban J connectivity index is 1.31. The van der Waals surface area contributed by atoms with Gasteiger partial charge in [0.1, 0.15) is 11.6 Å². The number of ketones is 1. The Kier molecular flexibility index (Phi) is 5.50. The fourth-order valence-electron chi connectivity index (χ4n) is 4.30. The zero-order valence-electron chi connectivity index (χ0n) is 18.0. The second-order valence-electron chi connectivity index (χ2n) is 8.30. The van der Waals surface area contributed by atoms with Crippen molar-refractivity contribution in [3.63, 3.8) is 0 Å². The monoisotopic (exact) mass is 423 g/mol. The number of anilines is 4. The van der Waals surface area contributed by atoms with Gasteiger partial charge in [-0.25, -0.2) is 4.98 Å². The molecule has 0 fully saturated rings. The molecule has 2 N–H and O–H groups in total. The minimum absolute atomic E-state index is 0.175. The van der Waals surface area contributed by atoms with E-state index in [1.807, 2.05) is 30.3 Å². The summed E-state index contributed by atoms with van der Waals surface area (Å²) in [6, 6.07) is 18.3. The van der Waals surface area contributed by atoms with E-state index < -0.39 is 0 Å². The van der Waals surface area contributed by atoms with Crippen LogP contribution in [0.4, 0.5) is 23.1 Å². The topological polar surface area (TPSA) is 79.8 Å². The number of hydrogen-bond acceptors (Lipinski definition) is 6. The highest BCUT2D eigenvalue weighted by atomic mass is 16.1. The number of aryl methyl sites for hydroxylation is 2. The predicted octanol–water partition coefficient (Wildman–Crippen LogP) is 5.60. The van der Waals surface area contributed by atoms with Crippen LogP contribution in [0.2, 0.25) is 0 Å². The van der Waals surface area contributed by atoms with E-state index in [4.69, 9.17) is 0 Å². The number of hydrogen-bond donors (Lipinski definition) is 2. The van der Waals surface area contributed by atoms with Gasteiger partial charge in [-0.3, -0.25) is 9.78 Å². The number of benzene rings is 2. The standard InChI is InChI=1S/C26H25N5O/c1-17(32)18-6-8-19-10-11-22(14-20(19)9-7-18)30-26-27-13-12-25(31-26)29-23-15-21-4-2-3-5-24(21)28-16-23/h2-5,10-16,18H,6-9H2,1H3,(H2,27,29,30,31). The lowest BCUT2D eigenvalue weighted by Crippen LogP contribution is -2.10. The van der Waals surface area contributed by atoms with Crippen LogP contribution in [-0.2, 0) is 17.6 Å². The number of carbonyl (C=O) groups is 1. The Bertz CT molecular complexity index is 1290. The molecular weight excluding hydrogens is 398 g/mol. The van der Waals surface area contributed by atoms with E-state index in [1.165, 1.54) is 11.1 Å². The normalized spacial score (nSPS) is 15.6. The lowest BCUT2D eigenvalue weighted by atomic mass is 9.96. The molecule has 6 heteroatoms. The summed E-state index contributed by atoms with van der Waals surface area (Å²) < 4.78 is 0. The highest BCUT2D eigenvalue weighted by Gasteiger charge is 2.19. The maximum Gasteiger partial charge on any atom is 0.229 e. The molecule has 0 bridgehead atoms. The van der Waals surface area contributed by atoms with Crippen molar-refractivity contribution in [3.8, 4) is 0 Å². The molecule has 160 valence electrons. The third-order valence-corrected chi connectivity index (χ3v) is 6.08. The second kappa shape index (κ2) is 8.75. The third kappa shape index (κ3) is 4.44. The van der Waals surface area contributed by atoms with Crippen molar-refractivity contribution in [2.45, 2.75) is 32.6 Å². The molecule has 0 spiro atoms. The zero-order chi connectivity index (χ0) is 21.9. The van der Waals surface area contributed by atoms with Crippen LogP contribution in [0.15, 0.2) is 67.0 Å². The van der Waals surface area contributed by atoms with E-state index in [9.17, 15) is 4.79 Å². The van der Waals surface area contributed by atoms with Gasteiger partial charge in [-0.1, -0.05) is 24.3 Å². The van der Waals surface area contributed by atoms with E-state index in [0.717, 1.165) is 48.0 Å². The number of nitrogens with one attached hydrogen (secondary N) is 2. The van der Waals surface area contributed by atoms with Crippen LogP contribution in [0, 0.1) is 5.92 Å². The first-order valence-corrected chi connectivity index (χ1v) is 11.0. The summed E-state index contributed by atoms with van der Waals surface area (Å²) in [5.41, 5.74) is 5.42. The van der Waals surface area contributed by atoms with Crippen molar-refractivity contribution < 1.29 is 4.79 Å². The number of para-hydroxylation sites is 1. The third-order valence-electron chi connectivity index (χ3n) is 6.08. The smallest absolute Gasteiger partial charge is 0.229 e. The summed E-state index contributed by atoms with van der Waals surface area (Å²) in [4.78, 5) is 25.3. The van der Waals surface area contributed by atoms with Gasteiger partial charge in [-0.15, -0.1) is 0 Å². The summed E-state index contributed by atoms with van der Waals surface area (Å²) in [5.74, 6) is 1.70. The summed E-state index contributed by atoms with van der Waals surface area (Å²) >= 11 is 0. The fourth-order valence-corrected chi connectivity index (χ4v) is 4.30. The number of pyridine rings is 1. The predicted molar refractivity (Wildman–Crippen MR) is 128 cm³/mol. The Labute approximate surface area is 187 Å². The molecule has 1 unspecified atom stereocenters. The summed E-state index contributed by atoms with van der Waals surface area (Å²) in [6.45, 7) is 1.71. The van der Waals surface area contributed by atoms with Gasteiger partial charge in [-0.05, 0) is 74.1 Å². The quantitative estimate of drug-likeness (QED) is 0.407. The maximum atomic E-state index is 11.8. The molecule has 32 heavy (non-hydrogen) atoms. The average molecular weight is 424 g/mol. The van der Waals surface area contributed by atoms with Crippen molar-refractivity contribution in [2.24, 2.45) is 5.92 Å². The molecule has 6 nitrogen and oxygen atoms in total. The molecule has 4 aromatic rings. The molecule has 1 aliphatic rings. The Morgan fingerprint density at radius 2 is 1.75 bits per heavy atom. The molecule has 2 aromatic heterocycles. The molecule has 0 saturated heterocycles. The number of rotatable bonds is 5. The minimum Gasteiger partial charge on any atom is -0.339 e. The molecule has 5 rings (SSSR count). The SMILES string of the molecule is CC(=O)C1CCc2ccc(Nc3nccc(Nc4cnc5ccccc5c4)n3)cc2CC1. The minimum atomic E-state index is 0.175. The van der Waals surface area contributed by atoms with Gasteiger partial charge < -0.3 is 10.6 Å². The number of nitrogens with zero attached hydrogens (tertiary/aromatic N) is 3.